The Morgan fingerprint density at radius 1 is 1.16 bits per heavy atom. The fourth-order valence-electron chi connectivity index (χ4n) is 2.15. The lowest BCUT2D eigenvalue weighted by molar-refractivity contribution is 0.0977. The maximum Gasteiger partial charge on any atom is 0.257 e. The van der Waals surface area contributed by atoms with Gasteiger partial charge in [0.05, 0.1) is 6.61 Å². The van der Waals surface area contributed by atoms with Gasteiger partial charge in [0.25, 0.3) is 5.91 Å². The maximum atomic E-state index is 12.2. The third-order valence-corrected chi connectivity index (χ3v) is 3.88. The highest BCUT2D eigenvalue weighted by Crippen LogP contribution is 2.15. The largest absolute Gasteiger partial charge is 0.494 e. The van der Waals surface area contributed by atoms with Crippen molar-refractivity contribution in [2.45, 2.75) is 26.2 Å². The van der Waals surface area contributed by atoms with E-state index in [9.17, 15) is 4.79 Å². The summed E-state index contributed by atoms with van der Waals surface area (Å²) in [4.78, 5) is 12.2. The number of rotatable bonds is 7. The van der Waals surface area contributed by atoms with Gasteiger partial charge >= 0.3 is 0 Å². The van der Waals surface area contributed by atoms with Crippen molar-refractivity contribution in [1.82, 2.24) is 5.32 Å². The molecule has 0 bridgehead atoms. The fourth-order valence-corrected chi connectivity index (χ4v) is 2.55. The van der Waals surface area contributed by atoms with Gasteiger partial charge in [-0.15, -0.1) is 0 Å². The first-order valence-corrected chi connectivity index (χ1v) is 8.98. The molecule has 0 saturated carbocycles. The maximum absolute atomic E-state index is 12.2. The van der Waals surface area contributed by atoms with Gasteiger partial charge in [-0.25, -0.2) is 0 Å². The molecule has 4 nitrogen and oxygen atoms in total. The van der Waals surface area contributed by atoms with Gasteiger partial charge in [-0.3, -0.25) is 10.1 Å². The minimum Gasteiger partial charge on any atom is -0.494 e. The topological polar surface area (TPSA) is 50.4 Å². The van der Waals surface area contributed by atoms with Crippen LogP contribution in [0.15, 0.2) is 48.5 Å². The number of hydrogen-bond acceptors (Lipinski definition) is 3. The van der Waals surface area contributed by atoms with Gasteiger partial charge in [-0.2, -0.15) is 0 Å². The number of hydrogen-bond donors (Lipinski definition) is 2. The molecule has 0 aliphatic rings. The monoisotopic (exact) mass is 376 g/mol. The summed E-state index contributed by atoms with van der Waals surface area (Å²) in [6.45, 7) is 2.84. The third-order valence-electron chi connectivity index (χ3n) is 3.44. The molecule has 0 radical (unpaired) electrons. The summed E-state index contributed by atoms with van der Waals surface area (Å²) < 4.78 is 5.63. The highest BCUT2D eigenvalue weighted by Gasteiger charge is 2.08. The average Bonchev–Trinajstić information content (AvgIpc) is 2.59. The normalized spacial score (nSPS) is 10.2. The van der Waals surface area contributed by atoms with E-state index < -0.39 is 0 Å². The van der Waals surface area contributed by atoms with Crippen LogP contribution in [0.2, 0.25) is 5.02 Å². The summed E-state index contributed by atoms with van der Waals surface area (Å²) in [5.74, 6) is 0.476. The first kappa shape index (κ1) is 19.2. The van der Waals surface area contributed by atoms with Gasteiger partial charge in [0.1, 0.15) is 5.75 Å². The minimum atomic E-state index is -0.280. The van der Waals surface area contributed by atoms with E-state index in [2.05, 4.69) is 17.6 Å². The minimum absolute atomic E-state index is 0.215. The van der Waals surface area contributed by atoms with E-state index in [1.807, 2.05) is 6.07 Å². The van der Waals surface area contributed by atoms with Crippen molar-refractivity contribution >= 4 is 40.5 Å². The lowest BCUT2D eigenvalue weighted by atomic mass is 10.2. The Balaban J connectivity index is 1.84. The van der Waals surface area contributed by atoms with E-state index in [4.69, 9.17) is 28.6 Å². The van der Waals surface area contributed by atoms with Gasteiger partial charge < -0.3 is 10.1 Å². The van der Waals surface area contributed by atoms with Crippen LogP contribution < -0.4 is 15.4 Å². The second kappa shape index (κ2) is 10.0. The van der Waals surface area contributed by atoms with Gasteiger partial charge in [0.15, 0.2) is 5.11 Å². The predicted octanol–water partition coefficient (Wildman–Crippen LogP) is 5.04. The van der Waals surface area contributed by atoms with Crippen LogP contribution in [0.4, 0.5) is 5.69 Å². The zero-order chi connectivity index (χ0) is 18.1. The summed E-state index contributed by atoms with van der Waals surface area (Å²) in [5, 5.41) is 6.37. The summed E-state index contributed by atoms with van der Waals surface area (Å²) in [7, 11) is 0. The van der Waals surface area contributed by atoms with Gasteiger partial charge in [0.2, 0.25) is 0 Å². The molecule has 0 unspecified atom stereocenters. The molecule has 2 N–H and O–H groups in total. The van der Waals surface area contributed by atoms with E-state index in [1.54, 1.807) is 42.5 Å². The Morgan fingerprint density at radius 3 is 2.60 bits per heavy atom. The van der Waals surface area contributed by atoms with Crippen molar-refractivity contribution in [2.24, 2.45) is 0 Å². The molecular formula is C19H21ClN2O2S. The van der Waals surface area contributed by atoms with Gasteiger partial charge in [-0.1, -0.05) is 37.4 Å². The lowest BCUT2D eigenvalue weighted by Crippen LogP contribution is -2.34. The first-order chi connectivity index (χ1) is 12.1. The number of ether oxygens (including phenoxy) is 1. The zero-order valence-corrected chi connectivity index (χ0v) is 15.6. The number of thiocarbonyl (C=S) groups is 1. The number of carbonyl (C=O) groups is 1. The van der Waals surface area contributed by atoms with Crippen LogP contribution >= 0.6 is 23.8 Å². The molecule has 1 amide bonds. The SMILES string of the molecule is CCCCCOc1ccc(C(=O)NC(=S)Nc2cccc(Cl)c2)cc1. The summed E-state index contributed by atoms with van der Waals surface area (Å²) in [6, 6.07) is 14.1. The number of carbonyl (C=O) groups excluding carboxylic acids is 1. The van der Waals surface area contributed by atoms with Crippen LogP contribution in [0.3, 0.4) is 0 Å². The molecule has 0 aliphatic carbocycles. The number of unbranched alkanes of at least 4 members (excludes halogenated alkanes) is 2. The number of nitrogens with one attached hydrogen (secondary N) is 2. The number of halogens is 1. The molecule has 2 rings (SSSR count). The average molecular weight is 377 g/mol. The van der Waals surface area contributed by atoms with Crippen molar-refractivity contribution in [2.75, 3.05) is 11.9 Å². The molecule has 2 aromatic carbocycles. The molecule has 0 saturated heterocycles. The molecular weight excluding hydrogens is 356 g/mol. The van der Waals surface area contributed by atoms with Crippen LogP contribution in [0.5, 0.6) is 5.75 Å². The Labute approximate surface area is 158 Å². The van der Waals surface area contributed by atoms with Crippen LogP contribution in [0.25, 0.3) is 0 Å². The molecule has 0 aliphatic heterocycles. The quantitative estimate of drug-likeness (QED) is 0.525. The van der Waals surface area contributed by atoms with Crippen LogP contribution in [-0.2, 0) is 0 Å². The summed E-state index contributed by atoms with van der Waals surface area (Å²) in [6.07, 6.45) is 3.34. The van der Waals surface area contributed by atoms with E-state index in [-0.39, 0.29) is 11.0 Å². The Hall–Kier alpha value is -2.11. The van der Waals surface area contributed by atoms with Crippen LogP contribution in [0.1, 0.15) is 36.5 Å². The van der Waals surface area contributed by atoms with Crippen molar-refractivity contribution in [1.29, 1.82) is 0 Å². The molecule has 25 heavy (non-hydrogen) atoms. The highest BCUT2D eigenvalue weighted by molar-refractivity contribution is 7.80. The Morgan fingerprint density at radius 2 is 1.92 bits per heavy atom. The third kappa shape index (κ3) is 6.72. The molecule has 6 heteroatoms. The van der Waals surface area contributed by atoms with Crippen LogP contribution in [-0.4, -0.2) is 17.6 Å². The van der Waals surface area contributed by atoms with Gasteiger partial charge in [0, 0.05) is 16.3 Å². The van der Waals surface area contributed by atoms with E-state index in [0.717, 1.165) is 25.0 Å². The molecule has 0 heterocycles. The molecule has 0 fully saturated rings. The smallest absolute Gasteiger partial charge is 0.257 e. The fraction of sp³-hybridized carbons (Fsp3) is 0.263. The Bertz CT molecular complexity index is 720. The highest BCUT2D eigenvalue weighted by atomic mass is 35.5. The first-order valence-electron chi connectivity index (χ1n) is 8.19. The van der Waals surface area contributed by atoms with Gasteiger partial charge in [-0.05, 0) is 61.1 Å². The molecule has 132 valence electrons. The molecule has 0 spiro atoms. The lowest BCUT2D eigenvalue weighted by Gasteiger charge is -2.10. The Kier molecular flexibility index (Phi) is 7.70. The van der Waals surface area contributed by atoms with E-state index in [0.29, 0.717) is 22.9 Å². The standard InChI is InChI=1S/C19H21ClN2O2S/c1-2-3-4-12-24-17-10-8-14(9-11-17)18(23)22-19(25)21-16-7-5-6-15(20)13-16/h5-11,13H,2-4,12H2,1H3,(H2,21,22,23,25). The van der Waals surface area contributed by atoms with E-state index >= 15 is 0 Å². The van der Waals surface area contributed by atoms with Crippen LogP contribution in [0, 0.1) is 0 Å². The number of amides is 1. The second-order valence-electron chi connectivity index (χ2n) is 5.50. The van der Waals surface area contributed by atoms with E-state index in [1.165, 1.54) is 0 Å². The zero-order valence-electron chi connectivity index (χ0n) is 14.0. The molecule has 2 aromatic rings. The number of benzene rings is 2. The number of anilines is 1. The van der Waals surface area contributed by atoms with Crippen molar-refractivity contribution in [3.05, 3.63) is 59.1 Å². The summed E-state index contributed by atoms with van der Waals surface area (Å²) in [5.41, 5.74) is 1.23. The molecule has 0 atom stereocenters. The molecule has 0 aromatic heterocycles. The van der Waals surface area contributed by atoms with Crippen molar-refractivity contribution in [3.63, 3.8) is 0 Å². The summed E-state index contributed by atoms with van der Waals surface area (Å²) >= 11 is 11.1. The van der Waals surface area contributed by atoms with Crippen molar-refractivity contribution < 1.29 is 9.53 Å². The van der Waals surface area contributed by atoms with Crippen molar-refractivity contribution in [3.8, 4) is 5.75 Å². The second-order valence-corrected chi connectivity index (χ2v) is 6.34. The predicted molar refractivity (Wildman–Crippen MR) is 107 cm³/mol.